The lowest BCUT2D eigenvalue weighted by Gasteiger charge is -2.32. The molecule has 1 N–H and O–H groups in total. The van der Waals surface area contributed by atoms with E-state index in [0.29, 0.717) is 30.3 Å². The van der Waals surface area contributed by atoms with E-state index < -0.39 is 11.4 Å². The largest absolute Gasteiger partial charge is 0.481 e. The van der Waals surface area contributed by atoms with Crippen molar-refractivity contribution in [2.75, 3.05) is 0 Å². The SMILES string of the molecule is CC[C@@]1(C(=O)O)C[C@@H]2CC[C@H]1N2C(=O)Cn1nc(C)c2ccccc2c1=O. The number of carboxylic acid groups (broad SMARTS) is 1. The molecule has 7 nitrogen and oxygen atoms in total. The summed E-state index contributed by atoms with van der Waals surface area (Å²) in [6.07, 6.45) is 2.52. The predicted octanol–water partition coefficient (Wildman–Crippen LogP) is 1.95. The van der Waals surface area contributed by atoms with E-state index in [1.807, 2.05) is 26.0 Å². The monoisotopic (exact) mass is 369 g/mol. The number of nitrogens with zero attached hydrogens (tertiary/aromatic N) is 3. The Balaban J connectivity index is 1.66. The zero-order chi connectivity index (χ0) is 19.3. The third-order valence-electron chi connectivity index (χ3n) is 6.42. The van der Waals surface area contributed by atoms with E-state index in [9.17, 15) is 19.5 Å². The second-order valence-corrected chi connectivity index (χ2v) is 7.66. The van der Waals surface area contributed by atoms with E-state index in [-0.39, 0.29) is 30.1 Å². The van der Waals surface area contributed by atoms with Gasteiger partial charge in [0, 0.05) is 17.5 Å². The lowest BCUT2D eigenvalue weighted by Crippen LogP contribution is -2.46. The summed E-state index contributed by atoms with van der Waals surface area (Å²) >= 11 is 0. The second-order valence-electron chi connectivity index (χ2n) is 7.66. The van der Waals surface area contributed by atoms with Crippen LogP contribution in [0.15, 0.2) is 29.1 Å². The smallest absolute Gasteiger partial charge is 0.311 e. The van der Waals surface area contributed by atoms with E-state index in [2.05, 4.69) is 5.10 Å². The first-order valence-corrected chi connectivity index (χ1v) is 9.40. The van der Waals surface area contributed by atoms with Crippen LogP contribution in [-0.2, 0) is 16.1 Å². The van der Waals surface area contributed by atoms with Crippen molar-refractivity contribution in [2.45, 2.75) is 58.2 Å². The minimum absolute atomic E-state index is 0.0594. The third-order valence-corrected chi connectivity index (χ3v) is 6.42. The number of hydrogen-bond donors (Lipinski definition) is 1. The number of fused-ring (bicyclic) bond motifs is 3. The van der Waals surface area contributed by atoms with E-state index in [1.54, 1.807) is 17.0 Å². The van der Waals surface area contributed by atoms with Gasteiger partial charge in [-0.1, -0.05) is 25.1 Å². The molecule has 2 fully saturated rings. The number of hydrogen-bond acceptors (Lipinski definition) is 4. The summed E-state index contributed by atoms with van der Waals surface area (Å²) in [6, 6.07) is 6.86. The van der Waals surface area contributed by atoms with Crippen molar-refractivity contribution in [2.24, 2.45) is 5.41 Å². The number of carbonyl (C=O) groups is 2. The van der Waals surface area contributed by atoms with Crippen molar-refractivity contribution in [1.29, 1.82) is 0 Å². The Hall–Kier alpha value is -2.70. The van der Waals surface area contributed by atoms with Gasteiger partial charge >= 0.3 is 5.97 Å². The number of amides is 1. The molecule has 3 atom stereocenters. The molecule has 0 saturated carbocycles. The van der Waals surface area contributed by atoms with Gasteiger partial charge in [0.15, 0.2) is 0 Å². The molecule has 0 unspecified atom stereocenters. The van der Waals surface area contributed by atoms with Gasteiger partial charge in [-0.15, -0.1) is 0 Å². The fourth-order valence-corrected chi connectivity index (χ4v) is 5.04. The van der Waals surface area contributed by atoms with E-state index in [4.69, 9.17) is 0 Å². The number of rotatable bonds is 4. The van der Waals surface area contributed by atoms with Crippen molar-refractivity contribution in [3.63, 3.8) is 0 Å². The van der Waals surface area contributed by atoms with Crippen LogP contribution in [0.4, 0.5) is 0 Å². The average Bonchev–Trinajstić information content (AvgIpc) is 3.22. The lowest BCUT2D eigenvalue weighted by molar-refractivity contribution is -0.151. The fraction of sp³-hybridized carbons (Fsp3) is 0.500. The van der Waals surface area contributed by atoms with Crippen molar-refractivity contribution < 1.29 is 14.7 Å². The Labute approximate surface area is 156 Å². The van der Waals surface area contributed by atoms with Crippen LogP contribution in [0.25, 0.3) is 10.8 Å². The summed E-state index contributed by atoms with van der Waals surface area (Å²) in [5.74, 6) is -1.05. The van der Waals surface area contributed by atoms with Gasteiger partial charge in [-0.05, 0) is 38.7 Å². The highest BCUT2D eigenvalue weighted by atomic mass is 16.4. The zero-order valence-corrected chi connectivity index (χ0v) is 15.5. The molecular formula is C20H23N3O4. The van der Waals surface area contributed by atoms with Crippen LogP contribution in [0.2, 0.25) is 0 Å². The van der Waals surface area contributed by atoms with Gasteiger partial charge in [0.05, 0.1) is 16.5 Å². The summed E-state index contributed by atoms with van der Waals surface area (Å²) in [5.41, 5.74) is -0.470. The summed E-state index contributed by atoms with van der Waals surface area (Å²) in [4.78, 5) is 39.4. The molecule has 1 aromatic heterocycles. The number of benzene rings is 1. The molecule has 1 amide bonds. The molecule has 2 aliphatic rings. The molecule has 1 aromatic carbocycles. The van der Waals surface area contributed by atoms with Gasteiger partial charge in [-0.3, -0.25) is 14.4 Å². The van der Waals surface area contributed by atoms with Crippen molar-refractivity contribution in [1.82, 2.24) is 14.7 Å². The van der Waals surface area contributed by atoms with Crippen molar-refractivity contribution >= 4 is 22.6 Å². The first kappa shape index (κ1) is 17.7. The Morgan fingerprint density at radius 1 is 1.26 bits per heavy atom. The topological polar surface area (TPSA) is 92.5 Å². The molecule has 4 rings (SSSR count). The zero-order valence-electron chi connectivity index (χ0n) is 15.5. The number of aromatic nitrogens is 2. The Morgan fingerprint density at radius 3 is 2.59 bits per heavy atom. The van der Waals surface area contributed by atoms with Crippen LogP contribution in [0.1, 0.15) is 38.3 Å². The van der Waals surface area contributed by atoms with E-state index in [1.165, 1.54) is 4.68 Å². The van der Waals surface area contributed by atoms with Crippen molar-refractivity contribution in [3.8, 4) is 0 Å². The van der Waals surface area contributed by atoms with Crippen LogP contribution in [0.3, 0.4) is 0 Å². The molecule has 142 valence electrons. The molecule has 2 aliphatic heterocycles. The normalized spacial score (nSPS) is 26.7. The molecule has 0 radical (unpaired) electrons. The Bertz CT molecular complexity index is 998. The molecule has 7 heteroatoms. The van der Waals surface area contributed by atoms with Crippen molar-refractivity contribution in [3.05, 3.63) is 40.3 Å². The number of carboxylic acids is 1. The average molecular weight is 369 g/mol. The molecule has 2 bridgehead atoms. The third kappa shape index (κ3) is 2.48. The van der Waals surface area contributed by atoms with E-state index in [0.717, 1.165) is 11.8 Å². The van der Waals surface area contributed by atoms with Gasteiger partial charge in [-0.25, -0.2) is 4.68 Å². The molecule has 0 aliphatic carbocycles. The highest BCUT2D eigenvalue weighted by molar-refractivity contribution is 5.85. The van der Waals surface area contributed by atoms with Gasteiger partial charge in [0.1, 0.15) is 6.54 Å². The number of carbonyl (C=O) groups excluding carboxylic acids is 1. The molecule has 2 aromatic rings. The van der Waals surface area contributed by atoms with Crippen LogP contribution in [-0.4, -0.2) is 43.7 Å². The summed E-state index contributed by atoms with van der Waals surface area (Å²) in [6.45, 7) is 3.53. The summed E-state index contributed by atoms with van der Waals surface area (Å²) < 4.78 is 1.21. The van der Waals surface area contributed by atoms with E-state index >= 15 is 0 Å². The van der Waals surface area contributed by atoms with Crippen LogP contribution < -0.4 is 5.56 Å². The standard InChI is InChI=1S/C20H23N3O4/c1-3-20(19(26)27)10-13-8-9-16(20)23(13)17(24)11-22-18(25)15-7-5-4-6-14(15)12(2)21-22/h4-7,13,16H,3,8-11H2,1-2H3,(H,26,27)/t13-,16+,20+/m0/s1. The lowest BCUT2D eigenvalue weighted by atomic mass is 9.72. The highest BCUT2D eigenvalue weighted by Gasteiger charge is 2.60. The maximum atomic E-state index is 13.0. The van der Waals surface area contributed by atoms with Gasteiger partial charge in [0.25, 0.3) is 5.56 Å². The Kier molecular flexibility index (Phi) is 4.05. The molecule has 0 spiro atoms. The predicted molar refractivity (Wildman–Crippen MR) is 99.4 cm³/mol. The molecule has 27 heavy (non-hydrogen) atoms. The number of aliphatic carboxylic acids is 1. The maximum Gasteiger partial charge on any atom is 0.311 e. The molecule has 2 saturated heterocycles. The first-order valence-electron chi connectivity index (χ1n) is 9.40. The fourth-order valence-electron chi connectivity index (χ4n) is 5.04. The maximum absolute atomic E-state index is 13.0. The van der Waals surface area contributed by atoms with Gasteiger partial charge < -0.3 is 10.0 Å². The Morgan fingerprint density at radius 2 is 1.96 bits per heavy atom. The number of aryl methyl sites for hydroxylation is 1. The summed E-state index contributed by atoms with van der Waals surface area (Å²) in [7, 11) is 0. The second kappa shape index (κ2) is 6.18. The molecular weight excluding hydrogens is 346 g/mol. The van der Waals surface area contributed by atoms with Crippen LogP contribution >= 0.6 is 0 Å². The van der Waals surface area contributed by atoms with Gasteiger partial charge in [-0.2, -0.15) is 5.10 Å². The van der Waals surface area contributed by atoms with Crippen LogP contribution in [0.5, 0.6) is 0 Å². The summed E-state index contributed by atoms with van der Waals surface area (Å²) in [5, 5.41) is 15.4. The first-order chi connectivity index (χ1) is 12.9. The highest BCUT2D eigenvalue weighted by Crippen LogP contribution is 2.51. The molecule has 3 heterocycles. The minimum Gasteiger partial charge on any atom is -0.481 e. The van der Waals surface area contributed by atoms with Gasteiger partial charge in [0.2, 0.25) is 5.91 Å². The quantitative estimate of drug-likeness (QED) is 0.889. The van der Waals surface area contributed by atoms with Crippen LogP contribution in [0, 0.1) is 12.3 Å². The minimum atomic E-state index is -0.865.